The molecule has 0 radical (unpaired) electrons. The summed E-state index contributed by atoms with van der Waals surface area (Å²) in [6.45, 7) is 4.55. The number of nitrogens with zero attached hydrogens (tertiary/aromatic N) is 1. The second-order valence-electron chi connectivity index (χ2n) is 14.8. The number of carbonyl (C=O) groups is 3. The molecule has 10 atom stereocenters. The lowest BCUT2D eigenvalue weighted by molar-refractivity contribution is -0.240. The number of esters is 1. The number of amides is 1. The van der Waals surface area contributed by atoms with Crippen molar-refractivity contribution >= 4 is 23.8 Å². The molecule has 0 aliphatic heterocycles. The first-order valence-electron chi connectivity index (χ1n) is 16.9. The highest BCUT2D eigenvalue weighted by Gasteiger charge is 2.69. The SMILES string of the molecule is C[C@]12CC[C@H](OC(=O)CCC(=O)N[C@@H](CCCN=C(N)N)C(=O)O)C[C@H]1CC[C@H]1[C@@H]2[C@H](O)C[C@]2(C)[C@@H](c3ccc(=O)oc3)CC[C@]12O. The standard InChI is InChI=1S/C34H50N4O9/c1-32-13-11-21(47-28(42)10-8-26(40)38-24(30(43)44)4-3-15-37-31(35)36)16-20(32)6-7-23-29(32)25(39)17-33(2)22(12-14-34(23,33)45)19-5-9-27(41)46-18-19/h5,9,18,20-25,29,39,45H,3-4,6-8,10-17H2,1-2H3,(H,38,40)(H,43,44)(H4,35,36,37)/t20-,21+,22-,23+,24+,25-,29-,32+,33-,34+/m1/s1. The second kappa shape index (κ2) is 13.6. The van der Waals surface area contributed by atoms with E-state index in [9.17, 15) is 34.5 Å². The van der Waals surface area contributed by atoms with Crippen LogP contribution in [0, 0.1) is 28.6 Å². The largest absolute Gasteiger partial charge is 0.480 e. The Morgan fingerprint density at radius 3 is 2.57 bits per heavy atom. The van der Waals surface area contributed by atoms with Gasteiger partial charge in [0.05, 0.1) is 24.4 Å². The van der Waals surface area contributed by atoms with Crippen LogP contribution in [0.4, 0.5) is 0 Å². The number of carbonyl (C=O) groups excluding carboxylic acids is 2. The number of carboxylic acids is 1. The molecule has 4 aliphatic rings. The van der Waals surface area contributed by atoms with E-state index in [0.717, 1.165) is 31.2 Å². The highest BCUT2D eigenvalue weighted by atomic mass is 16.5. The summed E-state index contributed by atoms with van der Waals surface area (Å²) in [6.07, 6.45) is 6.23. The number of aliphatic hydroxyl groups excluding tert-OH is 1. The van der Waals surface area contributed by atoms with Gasteiger partial charge < -0.3 is 41.3 Å². The zero-order valence-electron chi connectivity index (χ0n) is 27.4. The molecule has 1 aromatic heterocycles. The van der Waals surface area contributed by atoms with E-state index < -0.39 is 46.6 Å². The van der Waals surface area contributed by atoms with Crippen molar-refractivity contribution in [3.8, 4) is 0 Å². The molecule has 1 aromatic rings. The van der Waals surface area contributed by atoms with E-state index in [1.807, 2.05) is 0 Å². The lowest BCUT2D eigenvalue weighted by atomic mass is 9.42. The van der Waals surface area contributed by atoms with Gasteiger partial charge in [0.2, 0.25) is 5.91 Å². The summed E-state index contributed by atoms with van der Waals surface area (Å²) in [4.78, 5) is 52.1. The van der Waals surface area contributed by atoms with Crippen LogP contribution in [-0.4, -0.2) is 69.5 Å². The molecule has 0 saturated heterocycles. The van der Waals surface area contributed by atoms with Crippen LogP contribution < -0.4 is 22.4 Å². The van der Waals surface area contributed by atoms with Crippen molar-refractivity contribution in [2.75, 3.05) is 6.54 Å². The van der Waals surface area contributed by atoms with Gasteiger partial charge in [-0.1, -0.05) is 13.8 Å². The number of rotatable bonds is 11. The lowest BCUT2D eigenvalue weighted by Gasteiger charge is -2.65. The minimum Gasteiger partial charge on any atom is -0.480 e. The second-order valence-corrected chi connectivity index (χ2v) is 14.8. The molecule has 1 heterocycles. The Labute approximate surface area is 274 Å². The molecule has 13 heteroatoms. The number of nitrogens with two attached hydrogens (primary N) is 2. The summed E-state index contributed by atoms with van der Waals surface area (Å²) in [5.74, 6) is -2.30. The normalized spacial score (nSPS) is 36.6. The Balaban J connectivity index is 1.15. The maximum atomic E-state index is 12.7. The number of aliphatic hydroxyl groups is 2. The number of nitrogens with one attached hydrogen (secondary N) is 1. The van der Waals surface area contributed by atoms with Crippen molar-refractivity contribution in [3.05, 3.63) is 34.4 Å². The Morgan fingerprint density at radius 2 is 1.89 bits per heavy atom. The molecule has 0 spiro atoms. The highest BCUT2D eigenvalue weighted by molar-refractivity contribution is 5.85. The van der Waals surface area contributed by atoms with Crippen molar-refractivity contribution in [1.82, 2.24) is 5.32 Å². The third-order valence-corrected chi connectivity index (χ3v) is 12.3. The first-order chi connectivity index (χ1) is 22.2. The van der Waals surface area contributed by atoms with Gasteiger partial charge in [-0.25, -0.2) is 9.59 Å². The lowest BCUT2D eigenvalue weighted by Crippen LogP contribution is -2.66. The average molecular weight is 659 g/mol. The third-order valence-electron chi connectivity index (χ3n) is 12.3. The number of ether oxygens (including phenoxy) is 1. The van der Waals surface area contributed by atoms with E-state index in [4.69, 9.17) is 20.6 Å². The molecule has 4 aliphatic carbocycles. The van der Waals surface area contributed by atoms with Crippen molar-refractivity contribution in [1.29, 1.82) is 0 Å². The highest BCUT2D eigenvalue weighted by Crippen LogP contribution is 2.70. The molecule has 0 aromatic carbocycles. The number of aliphatic carboxylic acids is 1. The van der Waals surface area contributed by atoms with Crippen molar-refractivity contribution < 1.29 is 38.9 Å². The predicted molar refractivity (Wildman–Crippen MR) is 171 cm³/mol. The topological polar surface area (TPSA) is 228 Å². The fourth-order valence-electron chi connectivity index (χ4n) is 9.99. The Bertz CT molecular complexity index is 1410. The summed E-state index contributed by atoms with van der Waals surface area (Å²) in [5, 5.41) is 36.1. The fraction of sp³-hybridized carbons (Fsp3) is 0.735. The smallest absolute Gasteiger partial charge is 0.335 e. The summed E-state index contributed by atoms with van der Waals surface area (Å²) in [6, 6.07) is 2.09. The van der Waals surface area contributed by atoms with Crippen LogP contribution in [0.3, 0.4) is 0 Å². The predicted octanol–water partition coefficient (Wildman–Crippen LogP) is 2.17. The molecular weight excluding hydrogens is 608 g/mol. The first-order valence-corrected chi connectivity index (χ1v) is 16.9. The van der Waals surface area contributed by atoms with Crippen LogP contribution in [0.5, 0.6) is 0 Å². The number of carboxylic acid groups (broad SMARTS) is 1. The summed E-state index contributed by atoms with van der Waals surface area (Å²) in [5.41, 5.74) is 9.27. The maximum Gasteiger partial charge on any atom is 0.335 e. The molecular formula is C34H50N4O9. The number of aliphatic imine (C=N–C) groups is 1. The van der Waals surface area contributed by atoms with Gasteiger partial charge in [-0.3, -0.25) is 14.6 Å². The van der Waals surface area contributed by atoms with E-state index in [1.54, 1.807) is 6.07 Å². The van der Waals surface area contributed by atoms with Gasteiger partial charge in [-0.2, -0.15) is 0 Å². The Morgan fingerprint density at radius 1 is 1.13 bits per heavy atom. The van der Waals surface area contributed by atoms with E-state index in [-0.39, 0.29) is 67.0 Å². The van der Waals surface area contributed by atoms with Crippen LogP contribution in [-0.2, 0) is 19.1 Å². The van der Waals surface area contributed by atoms with Gasteiger partial charge >= 0.3 is 17.6 Å². The molecule has 13 nitrogen and oxygen atoms in total. The van der Waals surface area contributed by atoms with Gasteiger partial charge in [-0.15, -0.1) is 0 Å². The zero-order valence-corrected chi connectivity index (χ0v) is 27.4. The van der Waals surface area contributed by atoms with Crippen LogP contribution in [0.1, 0.15) is 102 Å². The monoisotopic (exact) mass is 658 g/mol. The van der Waals surface area contributed by atoms with Crippen LogP contribution in [0.25, 0.3) is 0 Å². The van der Waals surface area contributed by atoms with Gasteiger partial charge in [0.25, 0.3) is 0 Å². The van der Waals surface area contributed by atoms with E-state index >= 15 is 0 Å². The van der Waals surface area contributed by atoms with Crippen molar-refractivity contribution in [2.45, 2.75) is 121 Å². The summed E-state index contributed by atoms with van der Waals surface area (Å²) < 4.78 is 11.0. The number of guanidine groups is 1. The van der Waals surface area contributed by atoms with Gasteiger partial charge in [0, 0.05) is 24.4 Å². The van der Waals surface area contributed by atoms with Gasteiger partial charge in [0.15, 0.2) is 5.96 Å². The molecule has 0 bridgehead atoms. The summed E-state index contributed by atoms with van der Waals surface area (Å²) in [7, 11) is 0. The molecule has 260 valence electrons. The molecule has 0 unspecified atom stereocenters. The molecule has 4 fully saturated rings. The fourth-order valence-corrected chi connectivity index (χ4v) is 9.99. The van der Waals surface area contributed by atoms with E-state index in [0.29, 0.717) is 32.1 Å². The van der Waals surface area contributed by atoms with Crippen molar-refractivity contribution in [3.63, 3.8) is 0 Å². The number of hydrogen-bond donors (Lipinski definition) is 6. The zero-order chi connectivity index (χ0) is 34.1. The van der Waals surface area contributed by atoms with Gasteiger partial charge in [-0.05, 0) is 105 Å². The summed E-state index contributed by atoms with van der Waals surface area (Å²) >= 11 is 0. The number of hydrogen-bond acceptors (Lipinski definition) is 9. The first kappa shape index (κ1) is 34.9. The molecule has 1 amide bonds. The van der Waals surface area contributed by atoms with Crippen LogP contribution in [0.15, 0.2) is 32.6 Å². The minimum absolute atomic E-state index is 0.0267. The Kier molecular flexibility index (Phi) is 10.1. The number of fused-ring (bicyclic) bond motifs is 5. The van der Waals surface area contributed by atoms with E-state index in [1.165, 1.54) is 12.3 Å². The molecule has 4 saturated carbocycles. The quantitative estimate of drug-likeness (QED) is 0.0874. The minimum atomic E-state index is -1.18. The average Bonchev–Trinajstić information content (AvgIpc) is 3.28. The third kappa shape index (κ3) is 6.78. The molecule has 5 rings (SSSR count). The van der Waals surface area contributed by atoms with Crippen molar-refractivity contribution in [2.24, 2.45) is 45.0 Å². The van der Waals surface area contributed by atoms with Crippen LogP contribution >= 0.6 is 0 Å². The van der Waals surface area contributed by atoms with Crippen LogP contribution in [0.2, 0.25) is 0 Å². The molecule has 47 heavy (non-hydrogen) atoms. The molecule has 8 N–H and O–H groups in total. The maximum absolute atomic E-state index is 12.7. The Hall–Kier alpha value is -3.45. The van der Waals surface area contributed by atoms with Gasteiger partial charge in [0.1, 0.15) is 12.1 Å². The van der Waals surface area contributed by atoms with E-state index in [2.05, 4.69) is 24.2 Å².